The Morgan fingerprint density at radius 3 is 2.62 bits per heavy atom. The molecule has 0 aliphatic carbocycles. The number of halogens is 1. The minimum Gasteiger partial charge on any atom is -0.387 e. The van der Waals surface area contributed by atoms with Gasteiger partial charge in [-0.2, -0.15) is 5.26 Å². The van der Waals surface area contributed by atoms with Crippen molar-refractivity contribution in [2.45, 2.75) is 6.92 Å². The number of hydrogen-bond donors (Lipinski definition) is 2. The highest BCUT2D eigenvalue weighted by Crippen LogP contribution is 2.23. The van der Waals surface area contributed by atoms with Gasteiger partial charge in [0.1, 0.15) is 0 Å². The Kier molecular flexibility index (Phi) is 4.46. The van der Waals surface area contributed by atoms with Crippen LogP contribution in [-0.4, -0.2) is 13.0 Å². The predicted octanol–water partition coefficient (Wildman–Crippen LogP) is 3.81. The molecule has 0 fully saturated rings. The zero-order chi connectivity index (χ0) is 15.4. The number of hydrogen-bond acceptors (Lipinski definition) is 3. The number of carbonyl (C=O) groups excluding carboxylic acids is 1. The second kappa shape index (κ2) is 6.29. The fraction of sp³-hybridized carbons (Fsp3) is 0.125. The zero-order valence-electron chi connectivity index (χ0n) is 11.7. The summed E-state index contributed by atoms with van der Waals surface area (Å²) < 4.78 is 0. The Bertz CT molecular complexity index is 735. The lowest BCUT2D eigenvalue weighted by molar-refractivity contribution is 0.102. The van der Waals surface area contributed by atoms with Crippen LogP contribution < -0.4 is 10.6 Å². The number of nitrogens with one attached hydrogen (secondary N) is 2. The molecule has 0 spiro atoms. The van der Waals surface area contributed by atoms with Gasteiger partial charge >= 0.3 is 0 Å². The van der Waals surface area contributed by atoms with E-state index in [-0.39, 0.29) is 5.91 Å². The summed E-state index contributed by atoms with van der Waals surface area (Å²) in [5, 5.41) is 15.2. The maximum atomic E-state index is 12.4. The summed E-state index contributed by atoms with van der Waals surface area (Å²) in [5.41, 5.74) is 3.13. The molecule has 0 saturated heterocycles. The molecule has 1 amide bonds. The molecule has 0 atom stereocenters. The van der Waals surface area contributed by atoms with E-state index in [1.54, 1.807) is 43.4 Å². The van der Waals surface area contributed by atoms with Gasteiger partial charge in [-0.25, -0.2) is 0 Å². The van der Waals surface area contributed by atoms with Crippen molar-refractivity contribution >= 4 is 28.9 Å². The first-order chi connectivity index (χ1) is 10.0. The second-order valence-corrected chi connectivity index (χ2v) is 4.97. The fourth-order valence-electron chi connectivity index (χ4n) is 1.94. The van der Waals surface area contributed by atoms with Crippen LogP contribution >= 0.6 is 11.6 Å². The number of benzene rings is 2. The number of nitriles is 1. The number of aryl methyl sites for hydroxylation is 1. The molecular formula is C16H14ClN3O. The van der Waals surface area contributed by atoms with Crippen LogP contribution in [0.1, 0.15) is 21.5 Å². The van der Waals surface area contributed by atoms with E-state index in [4.69, 9.17) is 16.9 Å². The molecule has 21 heavy (non-hydrogen) atoms. The minimum absolute atomic E-state index is 0.278. The first kappa shape index (κ1) is 14.9. The van der Waals surface area contributed by atoms with Crippen molar-refractivity contribution in [2.24, 2.45) is 0 Å². The molecule has 106 valence electrons. The van der Waals surface area contributed by atoms with Crippen molar-refractivity contribution in [1.82, 2.24) is 0 Å². The average molecular weight is 300 g/mol. The Hall–Kier alpha value is -2.51. The summed E-state index contributed by atoms with van der Waals surface area (Å²) in [5.74, 6) is -0.278. The van der Waals surface area contributed by atoms with Gasteiger partial charge in [-0.05, 0) is 42.8 Å². The molecule has 2 N–H and O–H groups in total. The number of rotatable bonds is 3. The Labute approximate surface area is 128 Å². The van der Waals surface area contributed by atoms with E-state index >= 15 is 0 Å². The molecule has 2 rings (SSSR count). The van der Waals surface area contributed by atoms with Gasteiger partial charge in [0.05, 0.1) is 17.2 Å². The van der Waals surface area contributed by atoms with Crippen LogP contribution in [0.3, 0.4) is 0 Å². The monoisotopic (exact) mass is 299 g/mol. The maximum absolute atomic E-state index is 12.4. The van der Waals surface area contributed by atoms with Gasteiger partial charge in [0.25, 0.3) is 5.91 Å². The molecular weight excluding hydrogens is 286 g/mol. The fourth-order valence-corrected chi connectivity index (χ4v) is 2.11. The highest BCUT2D eigenvalue weighted by Gasteiger charge is 2.13. The van der Waals surface area contributed by atoms with Gasteiger partial charge in [-0.1, -0.05) is 17.7 Å². The van der Waals surface area contributed by atoms with Crippen LogP contribution in [0, 0.1) is 18.3 Å². The highest BCUT2D eigenvalue weighted by molar-refractivity contribution is 6.31. The van der Waals surface area contributed by atoms with Crippen molar-refractivity contribution in [2.75, 3.05) is 17.7 Å². The van der Waals surface area contributed by atoms with E-state index in [1.807, 2.05) is 6.92 Å². The third kappa shape index (κ3) is 3.33. The van der Waals surface area contributed by atoms with E-state index in [0.29, 0.717) is 27.5 Å². The van der Waals surface area contributed by atoms with E-state index in [1.165, 1.54) is 0 Å². The lowest BCUT2D eigenvalue weighted by atomic mass is 10.1. The van der Waals surface area contributed by atoms with Crippen LogP contribution in [0.5, 0.6) is 0 Å². The van der Waals surface area contributed by atoms with Gasteiger partial charge in [-0.15, -0.1) is 0 Å². The molecule has 0 aromatic heterocycles. The van der Waals surface area contributed by atoms with Crippen LogP contribution in [0.25, 0.3) is 0 Å². The number of amides is 1. The smallest absolute Gasteiger partial charge is 0.257 e. The Morgan fingerprint density at radius 2 is 1.95 bits per heavy atom. The van der Waals surface area contributed by atoms with Crippen molar-refractivity contribution in [3.05, 3.63) is 58.1 Å². The van der Waals surface area contributed by atoms with Crippen molar-refractivity contribution in [3.63, 3.8) is 0 Å². The van der Waals surface area contributed by atoms with Crippen LogP contribution in [0.4, 0.5) is 11.4 Å². The van der Waals surface area contributed by atoms with E-state index < -0.39 is 0 Å². The second-order valence-electron chi connectivity index (χ2n) is 4.54. The average Bonchev–Trinajstić information content (AvgIpc) is 2.49. The lowest BCUT2D eigenvalue weighted by Gasteiger charge is -2.12. The topological polar surface area (TPSA) is 64.9 Å². The summed E-state index contributed by atoms with van der Waals surface area (Å²) in [4.78, 5) is 12.4. The quantitative estimate of drug-likeness (QED) is 0.905. The lowest BCUT2D eigenvalue weighted by Crippen LogP contribution is -2.15. The SMILES string of the molecule is CNc1ccc(Cl)cc1C(=O)Nc1cc(C#N)ccc1C. The maximum Gasteiger partial charge on any atom is 0.257 e. The van der Waals surface area contributed by atoms with E-state index in [0.717, 1.165) is 5.56 Å². The first-order valence-corrected chi connectivity index (χ1v) is 6.72. The summed E-state index contributed by atoms with van der Waals surface area (Å²) in [6, 6.07) is 12.3. The summed E-state index contributed by atoms with van der Waals surface area (Å²) in [6.45, 7) is 1.87. The number of nitrogens with zero attached hydrogens (tertiary/aromatic N) is 1. The zero-order valence-corrected chi connectivity index (χ0v) is 12.5. The molecule has 0 aliphatic heterocycles. The molecule has 5 heteroatoms. The molecule has 0 saturated carbocycles. The number of anilines is 2. The molecule has 0 heterocycles. The van der Waals surface area contributed by atoms with Gasteiger partial charge < -0.3 is 10.6 Å². The van der Waals surface area contributed by atoms with Gasteiger partial charge in [0.2, 0.25) is 0 Å². The molecule has 2 aromatic rings. The van der Waals surface area contributed by atoms with E-state index in [2.05, 4.69) is 16.7 Å². The predicted molar refractivity (Wildman–Crippen MR) is 84.8 cm³/mol. The first-order valence-electron chi connectivity index (χ1n) is 6.34. The Balaban J connectivity index is 2.35. The Morgan fingerprint density at radius 1 is 1.19 bits per heavy atom. The molecule has 0 unspecified atom stereocenters. The summed E-state index contributed by atoms with van der Waals surface area (Å²) in [7, 11) is 1.74. The highest BCUT2D eigenvalue weighted by atomic mass is 35.5. The van der Waals surface area contributed by atoms with E-state index in [9.17, 15) is 4.79 Å². The molecule has 0 bridgehead atoms. The van der Waals surface area contributed by atoms with Gasteiger partial charge in [0, 0.05) is 23.4 Å². The molecule has 4 nitrogen and oxygen atoms in total. The third-order valence-electron chi connectivity index (χ3n) is 3.11. The molecule has 0 aliphatic rings. The molecule has 2 aromatic carbocycles. The largest absolute Gasteiger partial charge is 0.387 e. The number of carbonyl (C=O) groups is 1. The van der Waals surface area contributed by atoms with Crippen molar-refractivity contribution < 1.29 is 4.79 Å². The third-order valence-corrected chi connectivity index (χ3v) is 3.35. The summed E-state index contributed by atoms with van der Waals surface area (Å²) in [6.07, 6.45) is 0. The normalized spacial score (nSPS) is 9.81. The standard InChI is InChI=1S/C16H14ClN3O/c1-10-3-4-11(9-18)7-15(10)20-16(21)13-8-12(17)5-6-14(13)19-2/h3-8,19H,1-2H3,(H,20,21). The van der Waals surface area contributed by atoms with Crippen molar-refractivity contribution in [3.8, 4) is 6.07 Å². The molecule has 0 radical (unpaired) electrons. The van der Waals surface area contributed by atoms with Gasteiger partial charge in [0.15, 0.2) is 0 Å². The van der Waals surface area contributed by atoms with Crippen molar-refractivity contribution in [1.29, 1.82) is 5.26 Å². The minimum atomic E-state index is -0.278. The summed E-state index contributed by atoms with van der Waals surface area (Å²) >= 11 is 5.95. The van der Waals surface area contributed by atoms with Crippen LogP contribution in [0.2, 0.25) is 5.02 Å². The van der Waals surface area contributed by atoms with Crippen LogP contribution in [0.15, 0.2) is 36.4 Å². The van der Waals surface area contributed by atoms with Gasteiger partial charge in [-0.3, -0.25) is 4.79 Å². The van der Waals surface area contributed by atoms with Crippen LogP contribution in [-0.2, 0) is 0 Å².